The average molecular weight is 191 g/mol. The Bertz CT molecular complexity index is 125. The fourth-order valence-corrected chi connectivity index (χ4v) is 1.18. The molecular formula is C9H21NO3. The van der Waals surface area contributed by atoms with Crippen LogP contribution in [0, 0.1) is 0 Å². The number of hydrogen-bond donors (Lipinski definition) is 3. The van der Waals surface area contributed by atoms with E-state index < -0.39 is 18.2 Å². The molecule has 0 saturated heterocycles. The van der Waals surface area contributed by atoms with E-state index in [-0.39, 0.29) is 12.6 Å². The molecule has 0 aliphatic heterocycles. The lowest BCUT2D eigenvalue weighted by molar-refractivity contribution is -0.0481. The lowest BCUT2D eigenvalue weighted by Crippen LogP contribution is -2.50. The molecule has 0 aromatic heterocycles. The molecule has 0 aromatic rings. The van der Waals surface area contributed by atoms with Gasteiger partial charge in [-0.25, -0.2) is 0 Å². The first kappa shape index (κ1) is 12.8. The second-order valence-corrected chi connectivity index (χ2v) is 3.74. The first-order valence-corrected chi connectivity index (χ1v) is 4.60. The van der Waals surface area contributed by atoms with E-state index in [0.29, 0.717) is 0 Å². The van der Waals surface area contributed by atoms with E-state index in [2.05, 4.69) is 0 Å². The summed E-state index contributed by atoms with van der Waals surface area (Å²) in [6.07, 6.45) is -1.73. The largest absolute Gasteiger partial charge is 0.395 e. The molecule has 4 heteroatoms. The van der Waals surface area contributed by atoms with Crippen LogP contribution >= 0.6 is 0 Å². The normalized spacial score (nSPS) is 19.2. The third-order valence-corrected chi connectivity index (χ3v) is 2.41. The molecule has 13 heavy (non-hydrogen) atoms. The van der Waals surface area contributed by atoms with E-state index in [4.69, 9.17) is 10.2 Å². The van der Waals surface area contributed by atoms with Gasteiger partial charge in [0.15, 0.2) is 0 Å². The second-order valence-electron chi connectivity index (χ2n) is 3.74. The monoisotopic (exact) mass is 191 g/mol. The zero-order valence-corrected chi connectivity index (χ0v) is 8.81. The maximum Gasteiger partial charge on any atom is 0.0973 e. The van der Waals surface area contributed by atoms with Gasteiger partial charge in [-0.2, -0.15) is 0 Å². The Labute approximate surface area is 79.8 Å². The van der Waals surface area contributed by atoms with Crippen LogP contribution in [0.3, 0.4) is 0 Å². The van der Waals surface area contributed by atoms with Gasteiger partial charge in [0, 0.05) is 6.04 Å². The Balaban J connectivity index is 4.31. The fourth-order valence-electron chi connectivity index (χ4n) is 1.18. The van der Waals surface area contributed by atoms with Crippen molar-refractivity contribution in [3.63, 3.8) is 0 Å². The topological polar surface area (TPSA) is 63.9 Å². The first-order chi connectivity index (χ1) is 5.91. The SMILES string of the molecule is CC(O)C(O)C(CO)N(C)C(C)C. The Kier molecular flexibility index (Phi) is 5.48. The zero-order valence-electron chi connectivity index (χ0n) is 8.81. The minimum Gasteiger partial charge on any atom is -0.395 e. The summed E-state index contributed by atoms with van der Waals surface area (Å²) in [6, 6.07) is -0.175. The molecule has 3 N–H and O–H groups in total. The van der Waals surface area contributed by atoms with Gasteiger partial charge in [-0.15, -0.1) is 0 Å². The Morgan fingerprint density at radius 2 is 1.62 bits per heavy atom. The number of aliphatic hydroxyl groups is 3. The summed E-state index contributed by atoms with van der Waals surface area (Å²) in [6.45, 7) is 5.30. The summed E-state index contributed by atoms with van der Waals surface area (Å²) in [7, 11) is 1.82. The van der Waals surface area contributed by atoms with Crippen molar-refractivity contribution < 1.29 is 15.3 Å². The van der Waals surface area contributed by atoms with E-state index in [1.807, 2.05) is 25.8 Å². The van der Waals surface area contributed by atoms with Crippen LogP contribution < -0.4 is 0 Å². The van der Waals surface area contributed by atoms with Gasteiger partial charge in [0.25, 0.3) is 0 Å². The van der Waals surface area contributed by atoms with Gasteiger partial charge in [-0.3, -0.25) is 4.90 Å². The highest BCUT2D eigenvalue weighted by molar-refractivity contribution is 4.81. The van der Waals surface area contributed by atoms with E-state index >= 15 is 0 Å². The Hall–Kier alpha value is -0.160. The smallest absolute Gasteiger partial charge is 0.0973 e. The Morgan fingerprint density at radius 1 is 1.15 bits per heavy atom. The molecule has 3 unspecified atom stereocenters. The van der Waals surface area contributed by atoms with Crippen molar-refractivity contribution in [3.05, 3.63) is 0 Å². The minimum absolute atomic E-state index is 0.152. The van der Waals surface area contributed by atoms with Gasteiger partial charge in [-0.05, 0) is 27.8 Å². The average Bonchev–Trinajstić information content (AvgIpc) is 2.04. The van der Waals surface area contributed by atoms with Gasteiger partial charge < -0.3 is 15.3 Å². The highest BCUT2D eigenvalue weighted by atomic mass is 16.3. The minimum atomic E-state index is -0.905. The molecule has 0 bridgehead atoms. The molecule has 0 fully saturated rings. The van der Waals surface area contributed by atoms with Crippen LogP contribution in [0.4, 0.5) is 0 Å². The van der Waals surface area contributed by atoms with Crippen LogP contribution in [0.5, 0.6) is 0 Å². The molecule has 0 aliphatic carbocycles. The summed E-state index contributed by atoms with van der Waals surface area (Å²) >= 11 is 0. The maximum absolute atomic E-state index is 9.55. The van der Waals surface area contributed by atoms with Gasteiger partial charge >= 0.3 is 0 Å². The molecule has 0 aliphatic rings. The first-order valence-electron chi connectivity index (χ1n) is 4.60. The number of likely N-dealkylation sites (N-methyl/N-ethyl adjacent to an activating group) is 1. The summed E-state index contributed by atoms with van der Waals surface area (Å²) in [5.74, 6) is 0. The van der Waals surface area contributed by atoms with Crippen LogP contribution in [0.15, 0.2) is 0 Å². The van der Waals surface area contributed by atoms with Crippen molar-refractivity contribution in [2.24, 2.45) is 0 Å². The van der Waals surface area contributed by atoms with Gasteiger partial charge in [-0.1, -0.05) is 0 Å². The summed E-state index contributed by atoms with van der Waals surface area (Å²) in [5, 5.41) is 27.8. The van der Waals surface area contributed by atoms with Crippen molar-refractivity contribution in [2.45, 2.75) is 45.1 Å². The van der Waals surface area contributed by atoms with E-state index in [9.17, 15) is 5.11 Å². The molecule has 0 spiro atoms. The standard InChI is InChI=1S/C9H21NO3/c1-6(2)10(4)8(5-11)9(13)7(3)12/h6-9,11-13H,5H2,1-4H3. The van der Waals surface area contributed by atoms with E-state index in [1.165, 1.54) is 6.92 Å². The van der Waals surface area contributed by atoms with Crippen LogP contribution in [-0.2, 0) is 0 Å². The third kappa shape index (κ3) is 3.60. The molecule has 0 aromatic carbocycles. The second kappa shape index (κ2) is 5.54. The number of aliphatic hydroxyl groups excluding tert-OH is 3. The van der Waals surface area contributed by atoms with Crippen LogP contribution in [0.2, 0.25) is 0 Å². The van der Waals surface area contributed by atoms with Crippen LogP contribution in [-0.4, -0.2) is 58.2 Å². The molecular weight excluding hydrogens is 170 g/mol. The lowest BCUT2D eigenvalue weighted by Gasteiger charge is -2.34. The zero-order chi connectivity index (χ0) is 10.6. The maximum atomic E-state index is 9.55. The summed E-state index contributed by atoms with van der Waals surface area (Å²) < 4.78 is 0. The van der Waals surface area contributed by atoms with E-state index in [1.54, 1.807) is 0 Å². The summed E-state index contributed by atoms with van der Waals surface area (Å²) in [5.41, 5.74) is 0. The van der Waals surface area contributed by atoms with E-state index in [0.717, 1.165) is 0 Å². The molecule has 0 rings (SSSR count). The molecule has 3 atom stereocenters. The predicted octanol–water partition coefficient (Wildman–Crippen LogP) is -0.571. The fraction of sp³-hybridized carbons (Fsp3) is 1.00. The molecule has 80 valence electrons. The molecule has 0 heterocycles. The van der Waals surface area contributed by atoms with Gasteiger partial charge in [0.2, 0.25) is 0 Å². The van der Waals surface area contributed by atoms with Gasteiger partial charge in [0.05, 0.1) is 24.9 Å². The quantitative estimate of drug-likeness (QED) is 0.544. The van der Waals surface area contributed by atoms with Crippen molar-refractivity contribution in [2.75, 3.05) is 13.7 Å². The van der Waals surface area contributed by atoms with Crippen molar-refractivity contribution in [3.8, 4) is 0 Å². The molecule has 4 nitrogen and oxygen atoms in total. The highest BCUT2D eigenvalue weighted by Crippen LogP contribution is 2.09. The molecule has 0 saturated carbocycles. The number of rotatable bonds is 5. The lowest BCUT2D eigenvalue weighted by atomic mass is 10.1. The predicted molar refractivity (Wildman–Crippen MR) is 51.5 cm³/mol. The van der Waals surface area contributed by atoms with Crippen LogP contribution in [0.1, 0.15) is 20.8 Å². The van der Waals surface area contributed by atoms with Crippen molar-refractivity contribution in [1.29, 1.82) is 0 Å². The number of nitrogens with zero attached hydrogens (tertiary/aromatic N) is 1. The molecule has 0 radical (unpaired) electrons. The van der Waals surface area contributed by atoms with Gasteiger partial charge in [0.1, 0.15) is 0 Å². The van der Waals surface area contributed by atoms with Crippen molar-refractivity contribution >= 4 is 0 Å². The number of hydrogen-bond acceptors (Lipinski definition) is 4. The molecule has 0 amide bonds. The third-order valence-electron chi connectivity index (χ3n) is 2.41. The highest BCUT2D eigenvalue weighted by Gasteiger charge is 2.27. The van der Waals surface area contributed by atoms with Crippen molar-refractivity contribution in [1.82, 2.24) is 4.90 Å². The summed E-state index contributed by atoms with van der Waals surface area (Å²) in [4.78, 5) is 1.84. The van der Waals surface area contributed by atoms with Crippen LogP contribution in [0.25, 0.3) is 0 Å². The Morgan fingerprint density at radius 3 is 1.85 bits per heavy atom.